The van der Waals surface area contributed by atoms with Gasteiger partial charge >= 0.3 is 17.8 Å². The van der Waals surface area contributed by atoms with Crippen LogP contribution in [0.15, 0.2) is 0 Å². The van der Waals surface area contributed by atoms with E-state index in [1.165, 1.54) is 25.7 Å². The Morgan fingerprint density at radius 1 is 0.655 bits per heavy atom. The van der Waals surface area contributed by atoms with Crippen LogP contribution in [-0.2, 0) is 19.1 Å². The van der Waals surface area contributed by atoms with Crippen molar-refractivity contribution in [1.29, 1.82) is 0 Å². The van der Waals surface area contributed by atoms with Crippen LogP contribution in [0.25, 0.3) is 0 Å². The van der Waals surface area contributed by atoms with Crippen LogP contribution in [0.4, 0.5) is 0 Å². The molecule has 0 aliphatic heterocycles. The van der Waals surface area contributed by atoms with Gasteiger partial charge in [-0.15, -0.1) is 0 Å². The van der Waals surface area contributed by atoms with Crippen molar-refractivity contribution >= 4 is 11.9 Å². The van der Waals surface area contributed by atoms with E-state index in [-0.39, 0.29) is 11.9 Å². The summed E-state index contributed by atoms with van der Waals surface area (Å²) < 4.78 is 11.7. The third kappa shape index (κ3) is 12.2. The largest absolute Gasteiger partial charge is 0.408 e. The fourth-order valence-corrected chi connectivity index (χ4v) is 2.66. The van der Waals surface area contributed by atoms with E-state index < -0.39 is 16.7 Å². The molecule has 0 spiro atoms. The second-order valence-corrected chi connectivity index (χ2v) is 10.2. The molecule has 0 aromatic carbocycles. The van der Waals surface area contributed by atoms with Crippen LogP contribution in [0, 0.1) is 10.8 Å². The lowest BCUT2D eigenvalue weighted by Crippen LogP contribution is -2.55. The van der Waals surface area contributed by atoms with Crippen molar-refractivity contribution in [2.75, 3.05) is 6.54 Å². The zero-order chi connectivity index (χ0) is 22.6. The van der Waals surface area contributed by atoms with Gasteiger partial charge in [0.2, 0.25) is 0 Å². The first-order chi connectivity index (χ1) is 13.4. The fraction of sp³-hybridized carbons (Fsp3) is 0.917. The van der Waals surface area contributed by atoms with E-state index in [4.69, 9.17) is 9.47 Å². The van der Waals surface area contributed by atoms with Gasteiger partial charge in [-0.1, -0.05) is 58.8 Å². The molecular formula is C24H47NO4. The number of carbonyl (C=O) groups excluding carboxylic acids is 2. The summed E-state index contributed by atoms with van der Waals surface area (Å²) in [5.41, 5.74) is -1.35. The van der Waals surface area contributed by atoms with Crippen molar-refractivity contribution in [2.45, 2.75) is 126 Å². The van der Waals surface area contributed by atoms with Gasteiger partial charge in [0.15, 0.2) is 0 Å². The molecule has 0 aliphatic rings. The van der Waals surface area contributed by atoms with E-state index in [2.05, 4.69) is 19.2 Å². The first kappa shape index (κ1) is 27.9. The quantitative estimate of drug-likeness (QED) is 0.204. The molecule has 0 fully saturated rings. The van der Waals surface area contributed by atoms with Gasteiger partial charge < -0.3 is 9.47 Å². The minimum Gasteiger partial charge on any atom is -0.408 e. The molecule has 0 aromatic rings. The van der Waals surface area contributed by atoms with Crippen LogP contribution in [0.2, 0.25) is 0 Å². The summed E-state index contributed by atoms with van der Waals surface area (Å²) in [6.45, 7) is 15.8. The van der Waals surface area contributed by atoms with Crippen molar-refractivity contribution in [3.63, 3.8) is 0 Å². The van der Waals surface area contributed by atoms with Crippen LogP contribution >= 0.6 is 0 Å². The van der Waals surface area contributed by atoms with E-state index >= 15 is 0 Å². The molecule has 1 N–H and O–H groups in total. The van der Waals surface area contributed by atoms with Gasteiger partial charge in [-0.2, -0.15) is 0 Å². The highest BCUT2D eigenvalue weighted by atomic mass is 16.8. The van der Waals surface area contributed by atoms with Crippen molar-refractivity contribution < 1.29 is 19.1 Å². The first-order valence-electron chi connectivity index (χ1n) is 11.6. The molecule has 0 saturated carbocycles. The van der Waals surface area contributed by atoms with E-state index in [1.807, 2.05) is 41.5 Å². The number of hydrogen-bond acceptors (Lipinski definition) is 5. The molecule has 0 amide bonds. The lowest BCUT2D eigenvalue weighted by molar-refractivity contribution is -0.253. The molecule has 0 unspecified atom stereocenters. The normalized spacial score (nSPS) is 12.7. The van der Waals surface area contributed by atoms with Gasteiger partial charge in [-0.05, 0) is 54.4 Å². The summed E-state index contributed by atoms with van der Waals surface area (Å²) in [7, 11) is 0. The Labute approximate surface area is 179 Å². The Kier molecular flexibility index (Phi) is 12.7. The molecular weight excluding hydrogens is 366 g/mol. The Balaban J connectivity index is 5.30. The molecule has 0 aliphatic carbocycles. The SMILES string of the molecule is CCCCCCCCCC(NCCCC)(OC(=O)C(C)(C)C)OC(=O)C(C)(C)C. The number of unbranched alkanes of at least 4 members (excludes halogenated alkanes) is 7. The predicted octanol–water partition coefficient (Wildman–Crippen LogP) is 6.35. The molecule has 0 rings (SSSR count). The molecule has 5 nitrogen and oxygen atoms in total. The Morgan fingerprint density at radius 2 is 1.07 bits per heavy atom. The summed E-state index contributed by atoms with van der Waals surface area (Å²) in [5, 5.41) is 3.27. The van der Waals surface area contributed by atoms with E-state index in [0.717, 1.165) is 32.1 Å². The molecule has 29 heavy (non-hydrogen) atoms. The summed E-state index contributed by atoms with van der Waals surface area (Å²) in [5.74, 6) is -2.13. The average Bonchev–Trinajstić information content (AvgIpc) is 2.59. The second-order valence-electron chi connectivity index (χ2n) is 10.2. The van der Waals surface area contributed by atoms with Gasteiger partial charge in [0.25, 0.3) is 0 Å². The Hall–Kier alpha value is -1.10. The molecule has 0 heterocycles. The maximum Gasteiger partial charge on any atom is 0.318 e. The van der Waals surface area contributed by atoms with Crippen molar-refractivity contribution in [3.05, 3.63) is 0 Å². The van der Waals surface area contributed by atoms with Gasteiger partial charge in [0, 0.05) is 13.0 Å². The maximum atomic E-state index is 12.7. The number of nitrogens with one attached hydrogen (secondary N) is 1. The minimum atomic E-state index is -1.40. The van der Waals surface area contributed by atoms with Crippen LogP contribution in [-0.4, -0.2) is 24.4 Å². The zero-order valence-corrected chi connectivity index (χ0v) is 20.4. The predicted molar refractivity (Wildman–Crippen MR) is 119 cm³/mol. The van der Waals surface area contributed by atoms with Gasteiger partial charge in [-0.3, -0.25) is 9.59 Å². The lowest BCUT2D eigenvalue weighted by atomic mass is 9.96. The van der Waals surface area contributed by atoms with Crippen molar-refractivity contribution in [3.8, 4) is 0 Å². The topological polar surface area (TPSA) is 64.6 Å². The standard InChI is InChI=1S/C24H47NO4/c1-9-11-13-14-15-16-17-18-24(25-19-12-10-2,28-20(26)22(3,4)5)29-21(27)23(6,7)8/h25H,9-19H2,1-8H3. The molecule has 172 valence electrons. The average molecular weight is 414 g/mol. The minimum absolute atomic E-state index is 0.369. The van der Waals surface area contributed by atoms with Gasteiger partial charge in [-0.25, -0.2) is 5.32 Å². The van der Waals surface area contributed by atoms with E-state index in [0.29, 0.717) is 13.0 Å². The van der Waals surface area contributed by atoms with Crippen molar-refractivity contribution in [1.82, 2.24) is 5.32 Å². The van der Waals surface area contributed by atoms with E-state index in [9.17, 15) is 9.59 Å². The second kappa shape index (κ2) is 13.3. The van der Waals surface area contributed by atoms with Crippen LogP contribution in [0.3, 0.4) is 0 Å². The maximum absolute atomic E-state index is 12.7. The van der Waals surface area contributed by atoms with Crippen LogP contribution < -0.4 is 5.32 Å². The fourth-order valence-electron chi connectivity index (χ4n) is 2.66. The monoisotopic (exact) mass is 413 g/mol. The van der Waals surface area contributed by atoms with Gasteiger partial charge in [0.05, 0.1) is 10.8 Å². The lowest BCUT2D eigenvalue weighted by Gasteiger charge is -2.37. The molecule has 0 saturated heterocycles. The summed E-state index contributed by atoms with van der Waals surface area (Å²) >= 11 is 0. The molecule has 0 aromatic heterocycles. The van der Waals surface area contributed by atoms with E-state index in [1.54, 1.807) is 0 Å². The Morgan fingerprint density at radius 3 is 1.48 bits per heavy atom. The summed E-state index contributed by atoms with van der Waals surface area (Å²) in [6.07, 6.45) is 10.4. The van der Waals surface area contributed by atoms with Crippen molar-refractivity contribution in [2.24, 2.45) is 10.8 Å². The highest BCUT2D eigenvalue weighted by Crippen LogP contribution is 2.28. The summed E-state index contributed by atoms with van der Waals surface area (Å²) in [6, 6.07) is 0. The summed E-state index contributed by atoms with van der Waals surface area (Å²) in [4.78, 5) is 25.4. The number of hydrogen-bond donors (Lipinski definition) is 1. The molecule has 5 heteroatoms. The number of carbonyl (C=O) groups is 2. The number of rotatable bonds is 14. The number of ether oxygens (including phenoxy) is 2. The third-order valence-corrected chi connectivity index (χ3v) is 4.77. The van der Waals surface area contributed by atoms with Gasteiger partial charge in [0.1, 0.15) is 0 Å². The Bertz CT molecular complexity index is 446. The van der Waals surface area contributed by atoms with Crippen LogP contribution in [0.1, 0.15) is 120 Å². The zero-order valence-electron chi connectivity index (χ0n) is 20.4. The molecule has 0 radical (unpaired) electrons. The molecule has 0 atom stereocenters. The third-order valence-electron chi connectivity index (χ3n) is 4.77. The molecule has 0 bridgehead atoms. The van der Waals surface area contributed by atoms with Crippen LogP contribution in [0.5, 0.6) is 0 Å². The smallest absolute Gasteiger partial charge is 0.318 e. The highest BCUT2D eigenvalue weighted by molar-refractivity contribution is 5.77. The number of esters is 2. The highest BCUT2D eigenvalue weighted by Gasteiger charge is 2.42. The first-order valence-corrected chi connectivity index (χ1v) is 11.6.